The van der Waals surface area contributed by atoms with Gasteiger partial charge in [0.15, 0.2) is 0 Å². The van der Waals surface area contributed by atoms with Crippen molar-refractivity contribution in [3.8, 4) is 0 Å². The summed E-state index contributed by atoms with van der Waals surface area (Å²) in [6.07, 6.45) is 1.12. The fourth-order valence-electron chi connectivity index (χ4n) is 1.25. The van der Waals surface area contributed by atoms with E-state index in [1.54, 1.807) is 32.8 Å². The van der Waals surface area contributed by atoms with Crippen LogP contribution in [0.5, 0.6) is 0 Å². The minimum Gasteiger partial charge on any atom is -0.481 e. The first kappa shape index (κ1) is 13.9. The Kier molecular flexibility index (Phi) is 4.78. The maximum Gasteiger partial charge on any atom is 0.309 e. The molecule has 1 amide bonds. The highest BCUT2D eigenvalue weighted by molar-refractivity contribution is 5.78. The highest BCUT2D eigenvalue weighted by atomic mass is 16.4. The van der Waals surface area contributed by atoms with E-state index in [2.05, 4.69) is 0 Å². The second kappa shape index (κ2) is 5.14. The van der Waals surface area contributed by atoms with Crippen molar-refractivity contribution in [3.05, 3.63) is 0 Å². The fraction of sp³-hybridized carbons (Fsp3) is 0.818. The summed E-state index contributed by atoms with van der Waals surface area (Å²) in [4.78, 5) is 23.9. The third-order valence-corrected chi connectivity index (χ3v) is 2.64. The topological polar surface area (TPSA) is 57.6 Å². The van der Waals surface area contributed by atoms with Gasteiger partial charge in [-0.15, -0.1) is 0 Å². The molecule has 4 heteroatoms. The molecule has 15 heavy (non-hydrogen) atoms. The first-order valence-electron chi connectivity index (χ1n) is 5.13. The highest BCUT2D eigenvalue weighted by Crippen LogP contribution is 2.25. The summed E-state index contributed by atoms with van der Waals surface area (Å²) in [5, 5.41) is 8.91. The molecule has 0 aromatic rings. The third kappa shape index (κ3) is 4.32. The molecule has 0 bridgehead atoms. The van der Waals surface area contributed by atoms with E-state index in [0.29, 0.717) is 12.8 Å². The number of nitrogens with zero attached hydrogens (tertiary/aromatic N) is 1. The molecule has 1 unspecified atom stereocenters. The molecule has 0 aliphatic carbocycles. The predicted octanol–water partition coefficient (Wildman–Crippen LogP) is 1.60. The lowest BCUT2D eigenvalue weighted by atomic mass is 9.85. The first-order chi connectivity index (χ1) is 6.68. The van der Waals surface area contributed by atoms with Crippen LogP contribution in [-0.4, -0.2) is 36.0 Å². The number of carbonyl (C=O) groups excluding carboxylic acids is 1. The van der Waals surface area contributed by atoms with Gasteiger partial charge in [-0.1, -0.05) is 6.92 Å². The quantitative estimate of drug-likeness (QED) is 0.757. The summed E-state index contributed by atoms with van der Waals surface area (Å²) in [5.74, 6) is -0.873. The van der Waals surface area contributed by atoms with Crippen LogP contribution in [-0.2, 0) is 9.59 Å². The van der Waals surface area contributed by atoms with Gasteiger partial charge in [0.1, 0.15) is 0 Å². The number of hydrogen-bond donors (Lipinski definition) is 1. The Bertz CT molecular complexity index is 246. The number of carbonyl (C=O) groups is 2. The Morgan fingerprint density at radius 1 is 1.33 bits per heavy atom. The molecule has 0 aliphatic heterocycles. The molecule has 0 aliphatic rings. The Hall–Kier alpha value is -1.06. The molecule has 0 heterocycles. The number of rotatable bonds is 5. The number of carboxylic acid groups (broad SMARTS) is 1. The Labute approximate surface area is 91.3 Å². The van der Waals surface area contributed by atoms with Crippen LogP contribution in [0.4, 0.5) is 0 Å². The monoisotopic (exact) mass is 215 g/mol. The summed E-state index contributed by atoms with van der Waals surface area (Å²) in [6, 6.07) is 0. The molecule has 0 saturated heterocycles. The van der Waals surface area contributed by atoms with Crippen LogP contribution in [0.25, 0.3) is 0 Å². The zero-order valence-corrected chi connectivity index (χ0v) is 10.2. The van der Waals surface area contributed by atoms with Crippen LogP contribution in [0.3, 0.4) is 0 Å². The van der Waals surface area contributed by atoms with E-state index in [-0.39, 0.29) is 11.8 Å². The van der Waals surface area contributed by atoms with Crippen molar-refractivity contribution < 1.29 is 14.7 Å². The average Bonchev–Trinajstić information content (AvgIpc) is 2.12. The third-order valence-electron chi connectivity index (χ3n) is 2.64. The predicted molar refractivity (Wildman–Crippen MR) is 58.5 cm³/mol. The number of aliphatic carboxylic acids is 1. The molecule has 4 nitrogen and oxygen atoms in total. The van der Waals surface area contributed by atoms with Gasteiger partial charge in [0.25, 0.3) is 0 Å². The van der Waals surface area contributed by atoms with Gasteiger partial charge < -0.3 is 10.0 Å². The normalized spacial score (nSPS) is 13.4. The maximum absolute atomic E-state index is 11.5. The number of carboxylic acids is 1. The molecule has 0 radical (unpaired) electrons. The zero-order valence-electron chi connectivity index (χ0n) is 10.2. The molecule has 0 fully saturated rings. The van der Waals surface area contributed by atoms with E-state index in [4.69, 9.17) is 5.11 Å². The fourth-order valence-corrected chi connectivity index (χ4v) is 1.25. The summed E-state index contributed by atoms with van der Waals surface area (Å²) < 4.78 is 0. The Balaban J connectivity index is 4.17. The van der Waals surface area contributed by atoms with Gasteiger partial charge in [0, 0.05) is 20.0 Å². The molecular formula is C11H21NO3. The van der Waals surface area contributed by atoms with E-state index < -0.39 is 11.4 Å². The summed E-state index contributed by atoms with van der Waals surface area (Å²) in [6.45, 7) is 5.20. The molecule has 1 atom stereocenters. The second-order valence-electron chi connectivity index (χ2n) is 4.86. The number of hydrogen-bond acceptors (Lipinski definition) is 2. The van der Waals surface area contributed by atoms with Crippen LogP contribution in [0.1, 0.15) is 33.6 Å². The van der Waals surface area contributed by atoms with Crippen molar-refractivity contribution in [1.82, 2.24) is 4.90 Å². The van der Waals surface area contributed by atoms with Crippen LogP contribution in [0.15, 0.2) is 0 Å². The van der Waals surface area contributed by atoms with E-state index in [1.807, 2.05) is 6.92 Å². The minimum atomic E-state index is -0.813. The van der Waals surface area contributed by atoms with E-state index in [0.717, 1.165) is 0 Å². The van der Waals surface area contributed by atoms with Gasteiger partial charge in [0.05, 0.1) is 5.41 Å². The molecular weight excluding hydrogens is 194 g/mol. The van der Waals surface area contributed by atoms with Crippen molar-refractivity contribution >= 4 is 11.9 Å². The average molecular weight is 215 g/mol. The van der Waals surface area contributed by atoms with E-state index in [1.165, 1.54) is 0 Å². The molecule has 1 N–H and O–H groups in total. The second-order valence-corrected chi connectivity index (χ2v) is 4.86. The molecule has 0 aromatic heterocycles. The Morgan fingerprint density at radius 3 is 2.13 bits per heavy atom. The summed E-state index contributed by atoms with van der Waals surface area (Å²) in [5.41, 5.74) is -0.749. The van der Waals surface area contributed by atoms with E-state index in [9.17, 15) is 9.59 Å². The molecule has 0 spiro atoms. The molecule has 0 aromatic carbocycles. The van der Waals surface area contributed by atoms with Crippen molar-refractivity contribution in [2.75, 3.05) is 14.1 Å². The highest BCUT2D eigenvalue weighted by Gasteiger charge is 2.28. The first-order valence-corrected chi connectivity index (χ1v) is 5.13. The SMILES string of the molecule is CC(CCC(C)(C)C(=O)O)C(=O)N(C)C. The molecule has 88 valence electrons. The smallest absolute Gasteiger partial charge is 0.309 e. The zero-order chi connectivity index (χ0) is 12.2. The lowest BCUT2D eigenvalue weighted by Gasteiger charge is -2.22. The van der Waals surface area contributed by atoms with Crippen molar-refractivity contribution in [1.29, 1.82) is 0 Å². The van der Waals surface area contributed by atoms with Crippen LogP contribution < -0.4 is 0 Å². The lowest BCUT2D eigenvalue weighted by molar-refractivity contribution is -0.148. The van der Waals surface area contributed by atoms with Crippen LogP contribution in [0, 0.1) is 11.3 Å². The van der Waals surface area contributed by atoms with Gasteiger partial charge in [0.2, 0.25) is 5.91 Å². The van der Waals surface area contributed by atoms with Crippen molar-refractivity contribution in [2.45, 2.75) is 33.6 Å². The lowest BCUT2D eigenvalue weighted by Crippen LogP contribution is -2.30. The van der Waals surface area contributed by atoms with Gasteiger partial charge >= 0.3 is 5.97 Å². The number of amides is 1. The van der Waals surface area contributed by atoms with Crippen molar-refractivity contribution in [2.24, 2.45) is 11.3 Å². The summed E-state index contributed by atoms with van der Waals surface area (Å²) >= 11 is 0. The molecule has 0 saturated carbocycles. The van der Waals surface area contributed by atoms with Crippen LogP contribution in [0.2, 0.25) is 0 Å². The van der Waals surface area contributed by atoms with Crippen molar-refractivity contribution in [3.63, 3.8) is 0 Å². The van der Waals surface area contributed by atoms with E-state index >= 15 is 0 Å². The van der Waals surface area contributed by atoms with Gasteiger partial charge in [-0.05, 0) is 26.7 Å². The minimum absolute atomic E-state index is 0.0520. The Morgan fingerprint density at radius 2 is 1.80 bits per heavy atom. The maximum atomic E-state index is 11.5. The summed E-state index contributed by atoms with van der Waals surface area (Å²) in [7, 11) is 3.42. The standard InChI is InChI=1S/C11H21NO3/c1-8(9(13)12(4)5)6-7-11(2,3)10(14)15/h8H,6-7H2,1-5H3,(H,14,15). The largest absolute Gasteiger partial charge is 0.481 e. The van der Waals surface area contributed by atoms with Gasteiger partial charge in [-0.25, -0.2) is 0 Å². The molecule has 0 rings (SSSR count). The van der Waals surface area contributed by atoms with Gasteiger partial charge in [-0.3, -0.25) is 9.59 Å². The van der Waals surface area contributed by atoms with Crippen LogP contribution >= 0.6 is 0 Å². The van der Waals surface area contributed by atoms with Gasteiger partial charge in [-0.2, -0.15) is 0 Å².